The van der Waals surface area contributed by atoms with Gasteiger partial charge in [-0.3, -0.25) is 4.79 Å². The molecule has 1 aromatic rings. The number of carbonyl (C=O) groups is 1. The maximum atomic E-state index is 12.4. The first-order valence-electron chi connectivity index (χ1n) is 8.05. The lowest BCUT2D eigenvalue weighted by Gasteiger charge is -2.15. The summed E-state index contributed by atoms with van der Waals surface area (Å²) in [5.74, 6) is 0.673. The zero-order chi connectivity index (χ0) is 14.8. The molecular formula is C16H24BrN3O. The second kappa shape index (κ2) is 6.53. The van der Waals surface area contributed by atoms with Crippen LogP contribution in [0.5, 0.6) is 0 Å². The molecule has 1 aliphatic heterocycles. The number of rotatable bonds is 6. The van der Waals surface area contributed by atoms with Crippen molar-refractivity contribution in [2.45, 2.75) is 45.2 Å². The van der Waals surface area contributed by atoms with E-state index in [0.29, 0.717) is 5.92 Å². The number of likely N-dealkylation sites (tertiary alicyclic amines) is 1. The first-order chi connectivity index (χ1) is 10.2. The molecule has 0 radical (unpaired) electrons. The number of aryl methyl sites for hydroxylation is 1. The van der Waals surface area contributed by atoms with Crippen LogP contribution in [0.2, 0.25) is 0 Å². The van der Waals surface area contributed by atoms with E-state index in [2.05, 4.69) is 33.1 Å². The Morgan fingerprint density at radius 2 is 2.24 bits per heavy atom. The lowest BCUT2D eigenvalue weighted by atomic mass is 10.1. The van der Waals surface area contributed by atoms with E-state index >= 15 is 0 Å². The van der Waals surface area contributed by atoms with Gasteiger partial charge < -0.3 is 14.8 Å². The van der Waals surface area contributed by atoms with Crippen molar-refractivity contribution in [1.29, 1.82) is 0 Å². The molecule has 1 saturated carbocycles. The topological polar surface area (TPSA) is 37.3 Å². The smallest absolute Gasteiger partial charge is 0.267 e. The van der Waals surface area contributed by atoms with E-state index in [1.165, 1.54) is 25.8 Å². The zero-order valence-electron chi connectivity index (χ0n) is 12.6. The van der Waals surface area contributed by atoms with E-state index < -0.39 is 0 Å². The highest BCUT2D eigenvalue weighted by Crippen LogP contribution is 2.31. The molecule has 1 aromatic heterocycles. The van der Waals surface area contributed by atoms with Crippen LogP contribution in [0.4, 0.5) is 0 Å². The minimum Gasteiger partial charge on any atom is -0.350 e. The molecule has 3 rings (SSSR count). The number of nitrogens with zero attached hydrogens (tertiary/aromatic N) is 2. The highest BCUT2D eigenvalue weighted by molar-refractivity contribution is 9.10. The van der Waals surface area contributed by atoms with Crippen LogP contribution in [0.15, 0.2) is 16.7 Å². The SMILES string of the molecule is CCCn1cc(Br)cc1C(=O)NCC1CCN(C2CC2)C1. The highest BCUT2D eigenvalue weighted by Gasteiger charge is 2.34. The summed E-state index contributed by atoms with van der Waals surface area (Å²) in [6.07, 6.45) is 6.98. The van der Waals surface area contributed by atoms with Gasteiger partial charge in [0.1, 0.15) is 5.69 Å². The van der Waals surface area contributed by atoms with Crippen LogP contribution < -0.4 is 5.32 Å². The quantitative estimate of drug-likeness (QED) is 0.853. The number of amides is 1. The zero-order valence-corrected chi connectivity index (χ0v) is 14.2. The number of halogens is 1. The third-order valence-corrected chi connectivity index (χ3v) is 4.93. The van der Waals surface area contributed by atoms with Crippen LogP contribution in [0.1, 0.15) is 43.1 Å². The Kier molecular flexibility index (Phi) is 4.69. The first-order valence-corrected chi connectivity index (χ1v) is 8.84. The molecular weight excluding hydrogens is 330 g/mol. The predicted octanol–water partition coefficient (Wildman–Crippen LogP) is 2.87. The molecule has 0 aromatic carbocycles. The summed E-state index contributed by atoms with van der Waals surface area (Å²) in [6.45, 7) is 6.18. The summed E-state index contributed by atoms with van der Waals surface area (Å²) in [5, 5.41) is 3.13. The lowest BCUT2D eigenvalue weighted by molar-refractivity contribution is 0.0938. The fourth-order valence-corrected chi connectivity index (χ4v) is 3.68. The van der Waals surface area contributed by atoms with Gasteiger partial charge in [-0.2, -0.15) is 0 Å². The minimum atomic E-state index is 0.0546. The van der Waals surface area contributed by atoms with Crippen LogP contribution in [0.3, 0.4) is 0 Å². The number of aromatic nitrogens is 1. The fraction of sp³-hybridized carbons (Fsp3) is 0.688. The predicted molar refractivity (Wildman–Crippen MR) is 87.5 cm³/mol. The molecule has 1 unspecified atom stereocenters. The number of nitrogens with one attached hydrogen (secondary N) is 1. The lowest BCUT2D eigenvalue weighted by Crippen LogP contribution is -2.32. The average Bonchev–Trinajstić information content (AvgIpc) is 3.09. The van der Waals surface area contributed by atoms with Crippen molar-refractivity contribution in [3.8, 4) is 0 Å². The summed E-state index contributed by atoms with van der Waals surface area (Å²) in [7, 11) is 0. The number of hydrogen-bond acceptors (Lipinski definition) is 2. The molecule has 116 valence electrons. The van der Waals surface area contributed by atoms with Crippen molar-refractivity contribution in [1.82, 2.24) is 14.8 Å². The Hall–Kier alpha value is -0.810. The van der Waals surface area contributed by atoms with Crippen molar-refractivity contribution in [2.24, 2.45) is 5.92 Å². The van der Waals surface area contributed by atoms with Crippen LogP contribution in [0.25, 0.3) is 0 Å². The van der Waals surface area contributed by atoms with E-state index in [0.717, 1.165) is 42.3 Å². The summed E-state index contributed by atoms with van der Waals surface area (Å²) >= 11 is 3.46. The van der Waals surface area contributed by atoms with E-state index in [-0.39, 0.29) is 5.91 Å². The van der Waals surface area contributed by atoms with E-state index in [9.17, 15) is 4.79 Å². The van der Waals surface area contributed by atoms with Crippen molar-refractivity contribution < 1.29 is 4.79 Å². The summed E-state index contributed by atoms with van der Waals surface area (Å²) in [5.41, 5.74) is 0.765. The standard InChI is InChI=1S/C16H24BrN3O/c1-2-6-20-11-13(17)8-15(20)16(21)18-9-12-5-7-19(10-12)14-3-4-14/h8,11-12,14H,2-7,9-10H2,1H3,(H,18,21). The monoisotopic (exact) mass is 353 g/mol. The Morgan fingerprint density at radius 3 is 2.95 bits per heavy atom. The Bertz CT molecular complexity index is 510. The summed E-state index contributed by atoms with van der Waals surface area (Å²) < 4.78 is 3.01. The molecule has 1 saturated heterocycles. The van der Waals surface area contributed by atoms with Crippen molar-refractivity contribution >= 4 is 21.8 Å². The van der Waals surface area contributed by atoms with Crippen LogP contribution in [-0.2, 0) is 6.54 Å². The van der Waals surface area contributed by atoms with E-state index in [1.807, 2.05) is 16.8 Å². The largest absolute Gasteiger partial charge is 0.350 e. The van der Waals surface area contributed by atoms with E-state index in [4.69, 9.17) is 0 Å². The van der Waals surface area contributed by atoms with Crippen molar-refractivity contribution in [3.63, 3.8) is 0 Å². The first kappa shape index (κ1) is 15.1. The Balaban J connectivity index is 1.52. The molecule has 2 heterocycles. The molecule has 1 aliphatic carbocycles. The van der Waals surface area contributed by atoms with Crippen LogP contribution in [-0.4, -0.2) is 41.1 Å². The van der Waals surface area contributed by atoms with Gasteiger partial charge >= 0.3 is 0 Å². The third kappa shape index (κ3) is 3.69. The molecule has 5 heteroatoms. The molecule has 1 amide bonds. The van der Waals surface area contributed by atoms with Gasteiger partial charge in [0.2, 0.25) is 0 Å². The van der Waals surface area contributed by atoms with Gasteiger partial charge in [-0.15, -0.1) is 0 Å². The van der Waals surface area contributed by atoms with E-state index in [1.54, 1.807) is 0 Å². The van der Waals surface area contributed by atoms with Gasteiger partial charge in [-0.05, 0) is 60.1 Å². The Morgan fingerprint density at radius 1 is 1.43 bits per heavy atom. The van der Waals surface area contributed by atoms with Crippen LogP contribution >= 0.6 is 15.9 Å². The Labute approximate surface area is 135 Å². The highest BCUT2D eigenvalue weighted by atomic mass is 79.9. The second-order valence-electron chi connectivity index (χ2n) is 6.33. The molecule has 0 bridgehead atoms. The fourth-order valence-electron chi connectivity index (χ4n) is 3.22. The summed E-state index contributed by atoms with van der Waals surface area (Å²) in [4.78, 5) is 15.0. The molecule has 2 fully saturated rings. The summed E-state index contributed by atoms with van der Waals surface area (Å²) in [6, 6.07) is 2.76. The number of carbonyl (C=O) groups excluding carboxylic acids is 1. The maximum Gasteiger partial charge on any atom is 0.267 e. The normalized spacial score (nSPS) is 22.7. The second-order valence-corrected chi connectivity index (χ2v) is 7.24. The molecule has 2 aliphatic rings. The average molecular weight is 354 g/mol. The van der Waals surface area contributed by atoms with Crippen LogP contribution in [0, 0.1) is 5.92 Å². The van der Waals surface area contributed by atoms with Gasteiger partial charge in [0.25, 0.3) is 5.91 Å². The molecule has 1 atom stereocenters. The number of hydrogen-bond donors (Lipinski definition) is 1. The molecule has 4 nitrogen and oxygen atoms in total. The maximum absolute atomic E-state index is 12.4. The van der Waals surface area contributed by atoms with Gasteiger partial charge in [0, 0.05) is 36.3 Å². The van der Waals surface area contributed by atoms with Crippen molar-refractivity contribution in [2.75, 3.05) is 19.6 Å². The van der Waals surface area contributed by atoms with Gasteiger partial charge in [0.05, 0.1) is 0 Å². The van der Waals surface area contributed by atoms with Gasteiger partial charge in [-0.1, -0.05) is 6.92 Å². The van der Waals surface area contributed by atoms with Gasteiger partial charge in [0.15, 0.2) is 0 Å². The van der Waals surface area contributed by atoms with Crippen molar-refractivity contribution in [3.05, 3.63) is 22.4 Å². The molecule has 1 N–H and O–H groups in total. The molecule has 0 spiro atoms. The minimum absolute atomic E-state index is 0.0546. The van der Waals surface area contributed by atoms with Gasteiger partial charge in [-0.25, -0.2) is 0 Å². The third-order valence-electron chi connectivity index (χ3n) is 4.49. The molecule has 21 heavy (non-hydrogen) atoms.